The summed E-state index contributed by atoms with van der Waals surface area (Å²) < 4.78 is 5.33. The van der Waals surface area contributed by atoms with Crippen LogP contribution >= 0.6 is 0 Å². The van der Waals surface area contributed by atoms with Gasteiger partial charge in [-0.2, -0.15) is 0 Å². The summed E-state index contributed by atoms with van der Waals surface area (Å²) in [6.45, 7) is 4.45. The zero-order valence-corrected chi connectivity index (χ0v) is 10.3. The minimum absolute atomic E-state index is 0.383. The fourth-order valence-electron chi connectivity index (χ4n) is 1.15. The molecule has 0 saturated heterocycles. The lowest BCUT2D eigenvalue weighted by Crippen LogP contribution is -2.53. The van der Waals surface area contributed by atoms with Crippen molar-refractivity contribution < 1.29 is 19.4 Å². The fourth-order valence-corrected chi connectivity index (χ4v) is 1.15. The van der Waals surface area contributed by atoms with Crippen LogP contribution in [0.2, 0.25) is 0 Å². The smallest absolute Gasteiger partial charge is 0.328 e. The molecule has 3 N–H and O–H groups in total. The van der Waals surface area contributed by atoms with Crippen molar-refractivity contribution in [1.82, 2.24) is 10.6 Å². The number of carboxylic acids is 1. The van der Waals surface area contributed by atoms with Gasteiger partial charge in [0.2, 0.25) is 0 Å². The van der Waals surface area contributed by atoms with Crippen LogP contribution in [-0.4, -0.2) is 42.4 Å². The van der Waals surface area contributed by atoms with Crippen molar-refractivity contribution in [3.63, 3.8) is 0 Å². The van der Waals surface area contributed by atoms with Gasteiger partial charge in [-0.1, -0.05) is 0 Å². The first-order valence-electron chi connectivity index (χ1n) is 5.79. The van der Waals surface area contributed by atoms with E-state index in [0.29, 0.717) is 19.1 Å². The van der Waals surface area contributed by atoms with E-state index in [1.165, 1.54) is 26.7 Å². The number of urea groups is 1. The molecule has 1 aliphatic rings. The van der Waals surface area contributed by atoms with E-state index in [1.807, 2.05) is 0 Å². The van der Waals surface area contributed by atoms with Crippen molar-refractivity contribution in [3.05, 3.63) is 0 Å². The predicted molar refractivity (Wildman–Crippen MR) is 61.8 cm³/mol. The first-order chi connectivity index (χ1) is 7.92. The second-order valence-corrected chi connectivity index (χ2v) is 4.83. The Balaban J connectivity index is 2.05. The summed E-state index contributed by atoms with van der Waals surface area (Å²) in [6, 6.07) is -0.493. The number of rotatable bonds is 7. The molecule has 2 amide bonds. The van der Waals surface area contributed by atoms with Gasteiger partial charge in [0.15, 0.2) is 0 Å². The highest BCUT2D eigenvalue weighted by Gasteiger charge is 2.28. The molecule has 0 heterocycles. The van der Waals surface area contributed by atoms with Crippen molar-refractivity contribution in [1.29, 1.82) is 0 Å². The molecule has 1 saturated carbocycles. The van der Waals surface area contributed by atoms with Crippen LogP contribution in [0.15, 0.2) is 0 Å². The number of ether oxygens (including phenoxy) is 1. The maximum Gasteiger partial charge on any atom is 0.328 e. The lowest BCUT2D eigenvalue weighted by molar-refractivity contribution is -0.142. The number of aliphatic carboxylic acids is 1. The minimum atomic E-state index is -1.26. The van der Waals surface area contributed by atoms with Crippen LogP contribution < -0.4 is 10.6 Å². The Labute approximate surface area is 101 Å². The van der Waals surface area contributed by atoms with Crippen LogP contribution in [-0.2, 0) is 9.53 Å². The third-order valence-electron chi connectivity index (χ3n) is 2.54. The summed E-state index contributed by atoms with van der Waals surface area (Å²) in [4.78, 5) is 22.1. The van der Waals surface area contributed by atoms with Gasteiger partial charge in [-0.3, -0.25) is 0 Å². The van der Waals surface area contributed by atoms with Crippen LogP contribution in [0.25, 0.3) is 0 Å². The normalized spacial score (nSPS) is 15.4. The molecule has 17 heavy (non-hydrogen) atoms. The molecule has 1 rings (SSSR count). The highest BCUT2D eigenvalue weighted by Crippen LogP contribution is 2.28. The largest absolute Gasteiger partial charge is 0.480 e. The molecule has 0 aromatic heterocycles. The molecule has 0 aromatic rings. The first-order valence-corrected chi connectivity index (χ1v) is 5.79. The molecular formula is C11H20N2O4. The molecule has 0 spiro atoms. The molecule has 98 valence electrons. The Morgan fingerprint density at radius 3 is 2.59 bits per heavy atom. The van der Waals surface area contributed by atoms with E-state index in [9.17, 15) is 9.59 Å². The summed E-state index contributed by atoms with van der Waals surface area (Å²) in [7, 11) is 0. The monoisotopic (exact) mass is 244 g/mol. The van der Waals surface area contributed by atoms with Gasteiger partial charge in [0.1, 0.15) is 5.54 Å². The summed E-state index contributed by atoms with van der Waals surface area (Å²) in [5, 5.41) is 13.7. The fraction of sp³-hybridized carbons (Fsp3) is 0.818. The van der Waals surface area contributed by atoms with Gasteiger partial charge in [-0.15, -0.1) is 0 Å². The molecule has 0 bridgehead atoms. The molecule has 0 radical (unpaired) electrons. The summed E-state index contributed by atoms with van der Waals surface area (Å²) >= 11 is 0. The van der Waals surface area contributed by atoms with Crippen molar-refractivity contribution in [2.45, 2.75) is 32.2 Å². The Bertz CT molecular complexity index is 287. The summed E-state index contributed by atoms with van der Waals surface area (Å²) in [5.41, 5.74) is -1.26. The average molecular weight is 244 g/mol. The van der Waals surface area contributed by atoms with Gasteiger partial charge in [0.05, 0.1) is 6.61 Å². The lowest BCUT2D eigenvalue weighted by Gasteiger charge is -2.21. The van der Waals surface area contributed by atoms with E-state index < -0.39 is 17.5 Å². The van der Waals surface area contributed by atoms with Crippen molar-refractivity contribution in [2.75, 3.05) is 19.8 Å². The Hall–Kier alpha value is -1.30. The Morgan fingerprint density at radius 1 is 1.41 bits per heavy atom. The van der Waals surface area contributed by atoms with Crippen LogP contribution in [0.4, 0.5) is 4.79 Å². The minimum Gasteiger partial charge on any atom is -0.480 e. The first kappa shape index (κ1) is 13.8. The molecular weight excluding hydrogens is 224 g/mol. The Morgan fingerprint density at radius 2 is 2.06 bits per heavy atom. The van der Waals surface area contributed by atoms with E-state index >= 15 is 0 Å². The molecule has 0 atom stereocenters. The number of carbonyl (C=O) groups excluding carboxylic acids is 1. The molecule has 0 unspecified atom stereocenters. The van der Waals surface area contributed by atoms with Gasteiger partial charge in [-0.05, 0) is 32.6 Å². The summed E-state index contributed by atoms with van der Waals surface area (Å²) in [5.74, 6) is -0.368. The molecule has 0 aromatic carbocycles. The zero-order valence-electron chi connectivity index (χ0n) is 10.3. The third kappa shape index (κ3) is 5.53. The maximum absolute atomic E-state index is 11.3. The molecule has 6 heteroatoms. The quantitative estimate of drug-likeness (QED) is 0.571. The SMILES string of the molecule is CC(C)(NC(=O)NCCOCC1CC1)C(=O)O. The number of hydrogen-bond donors (Lipinski definition) is 3. The van der Waals surface area contributed by atoms with E-state index in [4.69, 9.17) is 9.84 Å². The predicted octanol–water partition coefficient (Wildman–Crippen LogP) is 0.575. The number of nitrogens with one attached hydrogen (secondary N) is 2. The molecule has 1 aliphatic carbocycles. The van der Waals surface area contributed by atoms with Crippen molar-refractivity contribution >= 4 is 12.0 Å². The van der Waals surface area contributed by atoms with Gasteiger partial charge >= 0.3 is 12.0 Å². The third-order valence-corrected chi connectivity index (χ3v) is 2.54. The lowest BCUT2D eigenvalue weighted by atomic mass is 10.1. The second-order valence-electron chi connectivity index (χ2n) is 4.83. The van der Waals surface area contributed by atoms with Gasteiger partial charge in [-0.25, -0.2) is 9.59 Å². The van der Waals surface area contributed by atoms with Crippen LogP contribution in [0, 0.1) is 5.92 Å². The topological polar surface area (TPSA) is 87.7 Å². The molecule has 0 aliphatic heterocycles. The summed E-state index contributed by atoms with van der Waals surface area (Å²) in [6.07, 6.45) is 2.47. The van der Waals surface area contributed by atoms with Gasteiger partial charge in [0.25, 0.3) is 0 Å². The highest BCUT2D eigenvalue weighted by molar-refractivity contribution is 5.85. The molecule has 1 fully saturated rings. The van der Waals surface area contributed by atoms with E-state index in [2.05, 4.69) is 10.6 Å². The number of carboxylic acid groups (broad SMARTS) is 1. The maximum atomic E-state index is 11.3. The highest BCUT2D eigenvalue weighted by atomic mass is 16.5. The standard InChI is InChI=1S/C11H20N2O4/c1-11(2,9(14)15)13-10(16)12-5-6-17-7-8-3-4-8/h8H,3-7H2,1-2H3,(H,14,15)(H2,12,13,16). The van der Waals surface area contributed by atoms with Crippen molar-refractivity contribution in [3.8, 4) is 0 Å². The van der Waals surface area contributed by atoms with Crippen LogP contribution in [0.1, 0.15) is 26.7 Å². The van der Waals surface area contributed by atoms with Crippen LogP contribution in [0.5, 0.6) is 0 Å². The second kappa shape index (κ2) is 5.86. The Kier molecular flexibility index (Phi) is 4.74. The number of amides is 2. The zero-order chi connectivity index (χ0) is 12.9. The number of carbonyl (C=O) groups is 2. The van der Waals surface area contributed by atoms with E-state index in [-0.39, 0.29) is 0 Å². The van der Waals surface area contributed by atoms with E-state index in [1.54, 1.807) is 0 Å². The van der Waals surface area contributed by atoms with Crippen molar-refractivity contribution in [2.24, 2.45) is 5.92 Å². The number of hydrogen-bond acceptors (Lipinski definition) is 3. The van der Waals surface area contributed by atoms with Crippen LogP contribution in [0.3, 0.4) is 0 Å². The molecule has 6 nitrogen and oxygen atoms in total. The van der Waals surface area contributed by atoms with E-state index in [0.717, 1.165) is 6.61 Å². The van der Waals surface area contributed by atoms with Gasteiger partial charge < -0.3 is 20.5 Å². The van der Waals surface area contributed by atoms with Gasteiger partial charge in [0, 0.05) is 13.2 Å². The average Bonchev–Trinajstić information content (AvgIpc) is 3.00.